The van der Waals surface area contributed by atoms with Gasteiger partial charge in [-0.25, -0.2) is 22.4 Å². The summed E-state index contributed by atoms with van der Waals surface area (Å²) in [7, 11) is -1.61. The lowest BCUT2D eigenvalue weighted by Gasteiger charge is -2.30. The molecule has 0 spiro atoms. The summed E-state index contributed by atoms with van der Waals surface area (Å²) in [5.74, 6) is 0.294. The first-order valence-corrected chi connectivity index (χ1v) is 16.4. The van der Waals surface area contributed by atoms with Crippen LogP contribution >= 0.6 is 0 Å². The van der Waals surface area contributed by atoms with E-state index in [1.165, 1.54) is 35.1 Å². The molecule has 232 valence electrons. The van der Waals surface area contributed by atoms with Gasteiger partial charge < -0.3 is 10.2 Å². The third-order valence-corrected chi connectivity index (χ3v) is 10.3. The average Bonchev–Trinajstić information content (AvgIpc) is 3.52. The maximum atomic E-state index is 14.0. The molecule has 1 saturated heterocycles. The lowest BCUT2D eigenvalue weighted by atomic mass is 9.91. The zero-order valence-corrected chi connectivity index (χ0v) is 26.2. The predicted molar refractivity (Wildman–Crippen MR) is 174 cm³/mol. The zero-order chi connectivity index (χ0) is 31.7. The van der Waals surface area contributed by atoms with E-state index in [-0.39, 0.29) is 29.4 Å². The van der Waals surface area contributed by atoms with Crippen molar-refractivity contribution in [3.05, 3.63) is 112 Å². The molecular weight excluding hydrogens is 590 g/mol. The summed E-state index contributed by atoms with van der Waals surface area (Å²) >= 11 is 0. The molecule has 6 rings (SSSR count). The second-order valence-electron chi connectivity index (χ2n) is 11.7. The third-order valence-electron chi connectivity index (χ3n) is 8.24. The monoisotopic (exact) mass is 625 g/mol. The number of pyridine rings is 1. The van der Waals surface area contributed by atoms with Crippen LogP contribution < -0.4 is 10.9 Å². The summed E-state index contributed by atoms with van der Waals surface area (Å²) in [6, 6.07) is 18.2. The molecule has 1 atom stereocenters. The molecule has 0 bridgehead atoms. The van der Waals surface area contributed by atoms with Gasteiger partial charge in [-0.2, -0.15) is 4.98 Å². The third kappa shape index (κ3) is 6.16. The molecule has 3 aromatic heterocycles. The van der Waals surface area contributed by atoms with Crippen LogP contribution in [0.25, 0.3) is 11.0 Å². The molecule has 0 amide bonds. The van der Waals surface area contributed by atoms with E-state index in [1.54, 1.807) is 50.4 Å². The lowest BCUT2D eigenvalue weighted by Crippen LogP contribution is -2.30. The summed E-state index contributed by atoms with van der Waals surface area (Å²) in [4.78, 5) is 43.0. The fraction of sp³-hybridized carbons (Fsp3) is 0.303. The highest BCUT2D eigenvalue weighted by Gasteiger charge is 2.24. The van der Waals surface area contributed by atoms with Gasteiger partial charge in [0.05, 0.1) is 29.2 Å². The molecule has 0 saturated carbocycles. The highest BCUT2D eigenvalue weighted by atomic mass is 32.2. The van der Waals surface area contributed by atoms with Crippen molar-refractivity contribution in [3.63, 3.8) is 0 Å². The smallest absolute Gasteiger partial charge is 0.263 e. The number of imidazole rings is 1. The van der Waals surface area contributed by atoms with Crippen molar-refractivity contribution in [2.24, 2.45) is 0 Å². The number of likely N-dealkylation sites (N-methyl/N-ethyl adjacent to an activating group) is 1. The second-order valence-corrected chi connectivity index (χ2v) is 14.1. The minimum absolute atomic E-state index is 0.0697. The number of nitrogens with one attached hydrogen (secondary N) is 1. The summed E-state index contributed by atoms with van der Waals surface area (Å²) in [6.45, 7) is 5.12. The van der Waals surface area contributed by atoms with Crippen LogP contribution in [0.1, 0.15) is 59.8 Å². The van der Waals surface area contributed by atoms with Crippen LogP contribution in [0.4, 0.5) is 11.6 Å². The van der Waals surface area contributed by atoms with Gasteiger partial charge in [-0.3, -0.25) is 14.2 Å². The molecule has 2 aromatic carbocycles. The Kier molecular flexibility index (Phi) is 8.34. The average molecular weight is 626 g/mol. The SMILES string of the molecule is CC(C)S(=O)(=O)n1cncc1Cn1c(=O)c(C(=O)c2ccccc2)cc2cnc(Nc3ccc(C4CCCN(C)C4)cc3)nc21. The van der Waals surface area contributed by atoms with Crippen LogP contribution in [0.15, 0.2) is 84.2 Å². The summed E-state index contributed by atoms with van der Waals surface area (Å²) < 4.78 is 28.5. The Morgan fingerprint density at radius 2 is 1.82 bits per heavy atom. The Labute approximate surface area is 261 Å². The van der Waals surface area contributed by atoms with E-state index in [1.807, 2.05) is 12.1 Å². The van der Waals surface area contributed by atoms with Crippen molar-refractivity contribution in [3.8, 4) is 0 Å². The van der Waals surface area contributed by atoms with Crippen LogP contribution in [0.2, 0.25) is 0 Å². The van der Waals surface area contributed by atoms with Crippen LogP contribution in [0.5, 0.6) is 0 Å². The fourth-order valence-corrected chi connectivity index (χ4v) is 6.79. The van der Waals surface area contributed by atoms with Gasteiger partial charge in [0.25, 0.3) is 5.56 Å². The molecule has 1 aliphatic heterocycles. The first-order valence-electron chi connectivity index (χ1n) is 14.9. The molecule has 11 nitrogen and oxygen atoms in total. The van der Waals surface area contributed by atoms with Gasteiger partial charge in [0.15, 0.2) is 5.78 Å². The summed E-state index contributed by atoms with van der Waals surface area (Å²) in [6.07, 6.45) is 6.51. The van der Waals surface area contributed by atoms with Crippen molar-refractivity contribution in [1.29, 1.82) is 0 Å². The van der Waals surface area contributed by atoms with E-state index >= 15 is 0 Å². The van der Waals surface area contributed by atoms with E-state index in [0.29, 0.717) is 16.9 Å². The van der Waals surface area contributed by atoms with Crippen molar-refractivity contribution in [2.75, 3.05) is 25.5 Å². The van der Waals surface area contributed by atoms with Crippen LogP contribution in [-0.4, -0.2) is 68.0 Å². The number of fused-ring (bicyclic) bond motifs is 1. The standard InChI is InChI=1S/C33H35N7O4S/c1-22(2)45(43,44)40-21-34-18-28(40)20-39-31-26(16-29(32(39)42)30(41)24-8-5-4-6-9-24)17-35-33(37-31)36-27-13-11-23(12-14-27)25-10-7-15-38(3)19-25/h4-6,8-9,11-14,16-18,21-22,25H,7,10,15,19-20H2,1-3H3,(H,35,36,37). The number of likely N-dealkylation sites (tertiary alicyclic amines) is 1. The molecule has 1 unspecified atom stereocenters. The number of rotatable bonds is 9. The Balaban J connectivity index is 1.40. The van der Waals surface area contributed by atoms with Gasteiger partial charge in [0, 0.05) is 29.4 Å². The Morgan fingerprint density at radius 1 is 1.07 bits per heavy atom. The van der Waals surface area contributed by atoms with E-state index in [2.05, 4.69) is 44.3 Å². The Morgan fingerprint density at radius 3 is 2.53 bits per heavy atom. The number of aromatic nitrogens is 5. The maximum absolute atomic E-state index is 14.0. The van der Waals surface area contributed by atoms with Crippen LogP contribution in [0, 0.1) is 0 Å². The molecule has 1 aliphatic rings. The number of benzene rings is 2. The predicted octanol–water partition coefficient (Wildman–Crippen LogP) is 4.41. The normalized spacial score (nSPS) is 15.9. The highest BCUT2D eigenvalue weighted by molar-refractivity contribution is 7.90. The number of carbonyl (C=O) groups is 1. The molecule has 12 heteroatoms. The quantitative estimate of drug-likeness (QED) is 0.237. The molecule has 1 fully saturated rings. The number of carbonyl (C=O) groups excluding carboxylic acids is 1. The maximum Gasteiger partial charge on any atom is 0.263 e. The van der Waals surface area contributed by atoms with E-state index in [4.69, 9.17) is 0 Å². The molecule has 0 aliphatic carbocycles. The van der Waals surface area contributed by atoms with Gasteiger partial charge >= 0.3 is 0 Å². The first kappa shape index (κ1) is 30.4. The number of anilines is 2. The van der Waals surface area contributed by atoms with Crippen molar-refractivity contribution in [2.45, 2.75) is 44.4 Å². The first-order chi connectivity index (χ1) is 21.6. The van der Waals surface area contributed by atoms with Crippen molar-refractivity contribution in [1.82, 2.24) is 28.4 Å². The largest absolute Gasteiger partial charge is 0.324 e. The topological polar surface area (TPSA) is 132 Å². The summed E-state index contributed by atoms with van der Waals surface area (Å²) in [5, 5.41) is 2.96. The molecular formula is C33H35N7O4S. The number of nitrogens with zero attached hydrogens (tertiary/aromatic N) is 6. The van der Waals surface area contributed by atoms with E-state index in [9.17, 15) is 18.0 Å². The Hall–Kier alpha value is -4.68. The van der Waals surface area contributed by atoms with Crippen LogP contribution in [-0.2, 0) is 16.6 Å². The number of hydrogen-bond donors (Lipinski definition) is 1. The van der Waals surface area contributed by atoms with Gasteiger partial charge in [0.1, 0.15) is 12.0 Å². The number of hydrogen-bond acceptors (Lipinski definition) is 9. The second kappa shape index (κ2) is 12.4. The molecule has 4 heterocycles. The fourth-order valence-electron chi connectivity index (χ4n) is 5.72. The van der Waals surface area contributed by atoms with E-state index < -0.39 is 26.6 Å². The molecule has 45 heavy (non-hydrogen) atoms. The molecule has 5 aromatic rings. The summed E-state index contributed by atoms with van der Waals surface area (Å²) in [5.41, 5.74) is 2.26. The minimum atomic E-state index is -3.76. The zero-order valence-electron chi connectivity index (χ0n) is 25.4. The van der Waals surface area contributed by atoms with Crippen molar-refractivity contribution < 1.29 is 13.2 Å². The minimum Gasteiger partial charge on any atom is -0.324 e. The molecule has 0 radical (unpaired) electrons. The van der Waals surface area contributed by atoms with Crippen LogP contribution in [0.3, 0.4) is 0 Å². The van der Waals surface area contributed by atoms with Gasteiger partial charge in [-0.15, -0.1) is 0 Å². The van der Waals surface area contributed by atoms with Gasteiger partial charge in [0.2, 0.25) is 16.0 Å². The van der Waals surface area contributed by atoms with E-state index in [0.717, 1.165) is 29.2 Å². The van der Waals surface area contributed by atoms with Crippen molar-refractivity contribution >= 4 is 38.5 Å². The number of ketones is 1. The Bertz CT molecular complexity index is 2020. The molecule has 1 N–H and O–H groups in total. The van der Waals surface area contributed by atoms with Gasteiger partial charge in [-0.05, 0) is 70.0 Å². The highest BCUT2D eigenvalue weighted by Crippen LogP contribution is 2.28. The van der Waals surface area contributed by atoms with Gasteiger partial charge in [-0.1, -0.05) is 42.5 Å². The number of piperidine rings is 1. The lowest BCUT2D eigenvalue weighted by molar-refractivity contribution is 0.103.